The Balaban J connectivity index is 1.29. The summed E-state index contributed by atoms with van der Waals surface area (Å²) in [5.41, 5.74) is 2.33. The van der Waals surface area contributed by atoms with Crippen LogP contribution in [0, 0.1) is 5.82 Å². The van der Waals surface area contributed by atoms with Crippen LogP contribution in [0.5, 0.6) is 0 Å². The molecule has 0 saturated carbocycles. The summed E-state index contributed by atoms with van der Waals surface area (Å²) >= 11 is 3.45. The Morgan fingerprint density at radius 1 is 1.05 bits per heavy atom. The summed E-state index contributed by atoms with van der Waals surface area (Å²) in [4.78, 5) is 30.3. The lowest BCUT2D eigenvalue weighted by atomic mass is 9.89. The van der Waals surface area contributed by atoms with Gasteiger partial charge in [0.05, 0.1) is 23.0 Å². The number of carbonyl (C=O) groups is 1. The third-order valence-electron chi connectivity index (χ3n) is 8.18. The molecule has 1 saturated heterocycles. The van der Waals surface area contributed by atoms with Gasteiger partial charge in [0.1, 0.15) is 5.82 Å². The molecule has 214 valence electrons. The van der Waals surface area contributed by atoms with Crippen LogP contribution in [0.1, 0.15) is 55.7 Å². The Morgan fingerprint density at radius 2 is 1.76 bits per heavy atom. The number of pyridine rings is 1. The number of rotatable bonds is 7. The Kier molecular flexibility index (Phi) is 8.24. The Morgan fingerprint density at radius 3 is 2.41 bits per heavy atom. The van der Waals surface area contributed by atoms with Crippen LogP contribution in [0.15, 0.2) is 82.3 Å². The summed E-state index contributed by atoms with van der Waals surface area (Å²) in [5.74, 6) is -0.366. The Labute approximate surface area is 247 Å². The third-order valence-corrected chi connectivity index (χ3v) is 8.67. The first kappa shape index (κ1) is 28.9. The highest BCUT2D eigenvalue weighted by Gasteiger charge is 2.34. The second kappa shape index (κ2) is 11.7. The van der Waals surface area contributed by atoms with Crippen LogP contribution in [-0.4, -0.2) is 60.4 Å². The van der Waals surface area contributed by atoms with E-state index in [0.29, 0.717) is 30.9 Å². The molecule has 1 fully saturated rings. The van der Waals surface area contributed by atoms with Crippen molar-refractivity contribution in [3.05, 3.63) is 111 Å². The lowest BCUT2D eigenvalue weighted by Gasteiger charge is -2.44. The molecule has 2 aromatic carbocycles. The third kappa shape index (κ3) is 5.90. The van der Waals surface area contributed by atoms with Crippen molar-refractivity contribution in [3.8, 4) is 5.69 Å². The molecule has 1 aliphatic rings. The van der Waals surface area contributed by atoms with E-state index >= 15 is 0 Å². The second-order valence-corrected chi connectivity index (χ2v) is 11.9. The summed E-state index contributed by atoms with van der Waals surface area (Å²) in [6, 6.07) is 17.2. The highest BCUT2D eigenvalue weighted by atomic mass is 79.9. The molecule has 0 N–H and O–H groups in total. The molecular formula is C31H34BrFN6O2. The summed E-state index contributed by atoms with van der Waals surface area (Å²) in [6.07, 6.45) is 4.36. The van der Waals surface area contributed by atoms with Gasteiger partial charge in [0.25, 0.3) is 11.5 Å². The first-order chi connectivity index (χ1) is 19.6. The van der Waals surface area contributed by atoms with E-state index in [1.807, 2.05) is 40.0 Å². The Bertz CT molecular complexity index is 1590. The van der Waals surface area contributed by atoms with Gasteiger partial charge in [-0.1, -0.05) is 46.3 Å². The average molecular weight is 622 g/mol. The van der Waals surface area contributed by atoms with E-state index in [2.05, 4.69) is 58.8 Å². The van der Waals surface area contributed by atoms with Gasteiger partial charge in [-0.2, -0.15) is 0 Å². The molecule has 2 aromatic heterocycles. The summed E-state index contributed by atoms with van der Waals surface area (Å²) in [5, 5.41) is 8.92. The standard InChI is InChI=1S/C31H34BrFN6O2/c1-5-31(4,24-10-12-26(33)13-11-24)39-20-27(34-35-39)19-37-21(2)16-36(17-22(37)3)30(41)23-9-14-29(40)38(18-23)28-8-6-7-25(32)15-28/h6-15,18,20-22H,5,16-17,19H2,1-4H3/t21-,22+,31?. The van der Waals surface area contributed by atoms with Crippen LogP contribution in [0.2, 0.25) is 0 Å². The quantitative estimate of drug-likeness (QED) is 0.282. The molecule has 0 aliphatic carbocycles. The molecule has 0 spiro atoms. The van der Waals surface area contributed by atoms with Crippen molar-refractivity contribution in [1.29, 1.82) is 0 Å². The fraction of sp³-hybridized carbons (Fsp3) is 0.355. The minimum atomic E-state index is -0.451. The number of nitrogens with zero attached hydrogens (tertiary/aromatic N) is 6. The average Bonchev–Trinajstić information content (AvgIpc) is 3.44. The predicted octanol–water partition coefficient (Wildman–Crippen LogP) is 5.24. The van der Waals surface area contributed by atoms with Gasteiger partial charge in [0, 0.05) is 54.1 Å². The second-order valence-electron chi connectivity index (χ2n) is 11.0. The van der Waals surface area contributed by atoms with Gasteiger partial charge < -0.3 is 4.90 Å². The zero-order valence-corrected chi connectivity index (χ0v) is 25.3. The first-order valence-electron chi connectivity index (χ1n) is 13.8. The van der Waals surface area contributed by atoms with Crippen molar-refractivity contribution in [2.24, 2.45) is 0 Å². The molecule has 0 bridgehead atoms. The molecule has 3 atom stereocenters. The molecule has 10 heteroatoms. The van der Waals surface area contributed by atoms with Gasteiger partial charge in [-0.25, -0.2) is 9.07 Å². The van der Waals surface area contributed by atoms with Crippen molar-refractivity contribution in [3.63, 3.8) is 0 Å². The van der Waals surface area contributed by atoms with E-state index < -0.39 is 5.54 Å². The molecule has 8 nitrogen and oxygen atoms in total. The zero-order valence-electron chi connectivity index (χ0n) is 23.7. The molecule has 4 aromatic rings. The fourth-order valence-corrected chi connectivity index (χ4v) is 5.95. The van der Waals surface area contributed by atoms with Gasteiger partial charge >= 0.3 is 0 Å². The summed E-state index contributed by atoms with van der Waals surface area (Å²) < 4.78 is 17.8. The fourth-order valence-electron chi connectivity index (χ4n) is 5.56. The molecule has 0 radical (unpaired) electrons. The van der Waals surface area contributed by atoms with Crippen molar-refractivity contribution < 1.29 is 9.18 Å². The van der Waals surface area contributed by atoms with Crippen LogP contribution in [0.25, 0.3) is 5.69 Å². The van der Waals surface area contributed by atoms with E-state index in [1.54, 1.807) is 24.4 Å². The van der Waals surface area contributed by atoms with E-state index in [9.17, 15) is 14.0 Å². The number of halogens is 2. The lowest BCUT2D eigenvalue weighted by molar-refractivity contribution is 0.0263. The SMILES string of the molecule is CCC(C)(c1ccc(F)cc1)n1cc(CN2[C@H](C)CN(C(=O)c3ccc(=O)n(-c4cccc(Br)c4)c3)C[C@@H]2C)nn1. The van der Waals surface area contributed by atoms with Crippen LogP contribution in [-0.2, 0) is 12.1 Å². The molecule has 41 heavy (non-hydrogen) atoms. The Hall–Kier alpha value is -3.63. The predicted molar refractivity (Wildman–Crippen MR) is 160 cm³/mol. The minimum Gasteiger partial charge on any atom is -0.335 e. The maximum Gasteiger partial charge on any atom is 0.255 e. The van der Waals surface area contributed by atoms with Gasteiger partial charge in [-0.15, -0.1) is 5.10 Å². The van der Waals surface area contributed by atoms with E-state index in [-0.39, 0.29) is 29.4 Å². The van der Waals surface area contributed by atoms with Crippen LogP contribution < -0.4 is 5.56 Å². The first-order valence-corrected chi connectivity index (χ1v) is 14.6. The molecular weight excluding hydrogens is 587 g/mol. The van der Waals surface area contributed by atoms with Crippen LogP contribution in [0.4, 0.5) is 4.39 Å². The maximum absolute atomic E-state index is 13.6. The lowest BCUT2D eigenvalue weighted by Crippen LogP contribution is -2.57. The smallest absolute Gasteiger partial charge is 0.255 e. The van der Waals surface area contributed by atoms with Gasteiger partial charge in [0.2, 0.25) is 0 Å². The number of carbonyl (C=O) groups excluding carboxylic acids is 1. The van der Waals surface area contributed by atoms with Crippen LogP contribution in [0.3, 0.4) is 0 Å². The molecule has 1 unspecified atom stereocenters. The zero-order chi connectivity index (χ0) is 29.3. The number of amides is 1. The van der Waals surface area contributed by atoms with Crippen molar-refractivity contribution in [2.75, 3.05) is 13.1 Å². The summed E-state index contributed by atoms with van der Waals surface area (Å²) in [6.45, 7) is 10.1. The van der Waals surface area contributed by atoms with E-state index in [1.165, 1.54) is 22.8 Å². The minimum absolute atomic E-state index is 0.0819. The van der Waals surface area contributed by atoms with Gasteiger partial charge in [-0.3, -0.25) is 19.1 Å². The number of hydrogen-bond acceptors (Lipinski definition) is 5. The van der Waals surface area contributed by atoms with E-state index in [0.717, 1.165) is 22.2 Å². The largest absolute Gasteiger partial charge is 0.335 e. The van der Waals surface area contributed by atoms with E-state index in [4.69, 9.17) is 0 Å². The van der Waals surface area contributed by atoms with Crippen LogP contribution >= 0.6 is 15.9 Å². The molecule has 5 rings (SSSR count). The van der Waals surface area contributed by atoms with Gasteiger partial charge in [0.15, 0.2) is 0 Å². The van der Waals surface area contributed by atoms with Crippen molar-refractivity contribution in [2.45, 2.75) is 58.3 Å². The highest BCUT2D eigenvalue weighted by molar-refractivity contribution is 9.10. The number of hydrogen-bond donors (Lipinski definition) is 0. The molecule has 3 heterocycles. The maximum atomic E-state index is 13.6. The number of benzene rings is 2. The number of piperazine rings is 1. The molecule has 1 aliphatic heterocycles. The normalized spacial score (nSPS) is 19.2. The van der Waals surface area contributed by atoms with Gasteiger partial charge in [-0.05, 0) is 69.2 Å². The highest BCUT2D eigenvalue weighted by Crippen LogP contribution is 2.29. The number of aromatic nitrogens is 4. The van der Waals surface area contributed by atoms with Crippen molar-refractivity contribution in [1.82, 2.24) is 29.4 Å². The molecule has 1 amide bonds. The van der Waals surface area contributed by atoms with Crippen molar-refractivity contribution >= 4 is 21.8 Å². The summed E-state index contributed by atoms with van der Waals surface area (Å²) in [7, 11) is 0. The topological polar surface area (TPSA) is 76.3 Å². The monoisotopic (exact) mass is 620 g/mol.